The second-order valence-electron chi connectivity index (χ2n) is 17.3. The molecule has 0 aliphatic carbocycles. The lowest BCUT2D eigenvalue weighted by atomic mass is 10.0. The fraction of sp³-hybridized carbons (Fsp3) is 0.393. The number of unbranched alkanes of at least 4 members (excludes halogenated alkanes) is 16. The molecule has 8 bridgehead atoms. The van der Waals surface area contributed by atoms with Gasteiger partial charge in [-0.15, -0.1) is 0 Å². The van der Waals surface area contributed by atoms with Crippen LogP contribution >= 0.6 is 0 Å². The van der Waals surface area contributed by atoms with Gasteiger partial charge in [0.25, 0.3) is 0 Å². The molecular weight excluding hydrogens is 761 g/mol. The number of aldehydes is 2. The first-order valence-electron chi connectivity index (χ1n) is 23.8. The first-order chi connectivity index (χ1) is 30.6. The number of aryl methyl sites for hydroxylation is 2. The number of nitrogens with one attached hydrogen (secondary N) is 2. The van der Waals surface area contributed by atoms with Crippen molar-refractivity contribution in [3.8, 4) is 22.3 Å². The topological polar surface area (TPSA) is 91.5 Å². The Morgan fingerprint density at radius 3 is 1.08 bits per heavy atom. The Balaban J connectivity index is 1.36. The van der Waals surface area contributed by atoms with Crippen molar-refractivity contribution in [2.24, 2.45) is 0 Å². The average molecular weight is 827 g/mol. The number of hydrogen-bond acceptors (Lipinski definition) is 4. The monoisotopic (exact) mass is 827 g/mol. The molecule has 0 atom stereocenters. The first-order valence-corrected chi connectivity index (χ1v) is 23.8. The van der Waals surface area contributed by atoms with Crippen molar-refractivity contribution in [1.82, 2.24) is 19.9 Å². The van der Waals surface area contributed by atoms with Crippen LogP contribution in [0, 0.1) is 0 Å². The Bertz CT molecular complexity index is 2310. The van der Waals surface area contributed by atoms with Crippen LogP contribution in [-0.4, -0.2) is 32.5 Å². The fourth-order valence-corrected chi connectivity index (χ4v) is 9.14. The van der Waals surface area contributed by atoms with E-state index < -0.39 is 0 Å². The molecule has 322 valence electrons. The summed E-state index contributed by atoms with van der Waals surface area (Å²) in [5.41, 5.74) is 15.4. The van der Waals surface area contributed by atoms with Gasteiger partial charge in [0.2, 0.25) is 0 Å². The van der Waals surface area contributed by atoms with Crippen LogP contribution in [0.2, 0.25) is 0 Å². The summed E-state index contributed by atoms with van der Waals surface area (Å²) in [5, 5.41) is 0. The zero-order valence-corrected chi connectivity index (χ0v) is 37.2. The van der Waals surface area contributed by atoms with E-state index in [2.05, 4.69) is 72.4 Å². The normalized spacial score (nSPS) is 12.0. The number of fused-ring (bicyclic) bond motifs is 8. The van der Waals surface area contributed by atoms with Crippen LogP contribution in [0.1, 0.15) is 184 Å². The fourth-order valence-electron chi connectivity index (χ4n) is 9.14. The highest BCUT2D eigenvalue weighted by Crippen LogP contribution is 2.36. The van der Waals surface area contributed by atoms with Gasteiger partial charge in [0, 0.05) is 55.4 Å². The highest BCUT2D eigenvalue weighted by Gasteiger charge is 2.18. The Labute approximate surface area is 369 Å². The summed E-state index contributed by atoms with van der Waals surface area (Å²) in [6, 6.07) is 24.3. The van der Waals surface area contributed by atoms with Crippen molar-refractivity contribution in [3.05, 3.63) is 118 Å². The van der Waals surface area contributed by atoms with E-state index in [1.54, 1.807) is 0 Å². The summed E-state index contributed by atoms with van der Waals surface area (Å²) in [6.45, 7) is 4.56. The van der Waals surface area contributed by atoms with Gasteiger partial charge >= 0.3 is 0 Å². The lowest BCUT2D eigenvalue weighted by Gasteiger charge is -2.07. The Hall–Kier alpha value is -5.62. The molecule has 0 radical (unpaired) electrons. The van der Waals surface area contributed by atoms with Crippen molar-refractivity contribution >= 4 is 58.9 Å². The number of H-pyrrole nitrogens is 2. The minimum atomic E-state index is 0.631. The number of rotatable bonds is 24. The molecular formula is C56H66N4O2. The molecule has 2 aromatic carbocycles. The molecule has 0 saturated heterocycles. The van der Waals surface area contributed by atoms with Crippen LogP contribution in [-0.2, 0) is 12.8 Å². The van der Waals surface area contributed by atoms with Gasteiger partial charge in [0.05, 0.1) is 22.8 Å². The number of hydrogen-bond donors (Lipinski definition) is 2. The molecule has 2 aliphatic heterocycles. The molecule has 0 saturated carbocycles. The number of carbonyl (C=O) groups excluding carboxylic acids is 2. The van der Waals surface area contributed by atoms with Gasteiger partial charge in [-0.3, -0.25) is 9.59 Å². The van der Waals surface area contributed by atoms with Gasteiger partial charge in [-0.1, -0.05) is 165 Å². The summed E-state index contributed by atoms with van der Waals surface area (Å²) in [7, 11) is 0. The molecule has 7 rings (SSSR count). The van der Waals surface area contributed by atoms with Crippen molar-refractivity contribution < 1.29 is 9.59 Å². The number of aromatic amines is 2. The Kier molecular flexibility index (Phi) is 16.5. The molecule has 5 heterocycles. The average Bonchev–Trinajstić information content (AvgIpc) is 4.16. The number of benzene rings is 2. The molecule has 62 heavy (non-hydrogen) atoms. The van der Waals surface area contributed by atoms with E-state index in [0.29, 0.717) is 11.1 Å². The number of carbonyl (C=O) groups is 2. The van der Waals surface area contributed by atoms with Crippen molar-refractivity contribution in [2.75, 3.05) is 0 Å². The third kappa shape index (κ3) is 11.4. The minimum Gasteiger partial charge on any atom is -0.355 e. The molecule has 0 fully saturated rings. The minimum absolute atomic E-state index is 0.631. The summed E-state index contributed by atoms with van der Waals surface area (Å²) in [4.78, 5) is 42.0. The summed E-state index contributed by atoms with van der Waals surface area (Å²) in [5.74, 6) is 0. The predicted molar refractivity (Wildman–Crippen MR) is 262 cm³/mol. The van der Waals surface area contributed by atoms with Gasteiger partial charge in [0.15, 0.2) is 0 Å². The third-order valence-corrected chi connectivity index (χ3v) is 12.7. The molecule has 3 aromatic heterocycles. The lowest BCUT2D eigenvalue weighted by molar-refractivity contribution is 0.111. The molecule has 2 N–H and O–H groups in total. The second-order valence-corrected chi connectivity index (χ2v) is 17.3. The molecule has 2 aliphatic rings. The summed E-state index contributed by atoms with van der Waals surface area (Å²) in [6.07, 6.45) is 35.4. The Morgan fingerprint density at radius 2 is 0.710 bits per heavy atom. The summed E-state index contributed by atoms with van der Waals surface area (Å²) >= 11 is 0. The quantitative estimate of drug-likeness (QED) is 0.0469. The van der Waals surface area contributed by atoms with Crippen molar-refractivity contribution in [1.29, 1.82) is 0 Å². The second kappa shape index (κ2) is 23.0. The largest absolute Gasteiger partial charge is 0.355 e. The van der Waals surface area contributed by atoms with Crippen LogP contribution in [0.3, 0.4) is 0 Å². The first kappa shape index (κ1) is 44.4. The predicted octanol–water partition coefficient (Wildman–Crippen LogP) is 15.8. The lowest BCUT2D eigenvalue weighted by Crippen LogP contribution is -1.95. The number of nitrogens with zero attached hydrogens (tertiary/aromatic N) is 2. The third-order valence-electron chi connectivity index (χ3n) is 12.7. The van der Waals surface area contributed by atoms with E-state index in [4.69, 9.17) is 9.97 Å². The molecule has 5 aromatic rings. The molecule has 0 spiro atoms. The Morgan fingerprint density at radius 1 is 0.387 bits per heavy atom. The zero-order valence-electron chi connectivity index (χ0n) is 37.2. The van der Waals surface area contributed by atoms with Crippen molar-refractivity contribution in [3.63, 3.8) is 0 Å². The standard InChI is InChI=1S/C56H66N4O2/c1-3-5-7-9-11-13-15-17-19-21-45-47-31-32-48(57-47)46(22-20-18-16-14-12-10-8-6-4-2)50-34-36-52(59-50)56(44-29-25-42(40-62)26-30-44)54-38-37-53(60-54)55(51-35-33-49(45)58-51)43-27-23-41(39-61)24-28-43/h23-40,58-59H,3-22H2,1-2H3. The van der Waals surface area contributed by atoms with Crippen LogP contribution in [0.5, 0.6) is 0 Å². The SMILES string of the molecule is CCCCCCCCCCCc1c2nc(c(CCCCCCCCCCC)c3ccc([nH]3)c(-c3ccc(C=O)cc3)c3nc(c(-c4ccc(C=O)cc4)c4ccc1[nH]4)C=C3)C=C2. The maximum atomic E-state index is 11.7. The maximum absolute atomic E-state index is 11.7. The van der Waals surface area contributed by atoms with E-state index in [-0.39, 0.29) is 0 Å². The van der Waals surface area contributed by atoms with E-state index >= 15 is 0 Å². The maximum Gasteiger partial charge on any atom is 0.150 e. The van der Waals surface area contributed by atoms with Gasteiger partial charge in [0.1, 0.15) is 12.6 Å². The number of aromatic nitrogens is 4. The zero-order chi connectivity index (χ0) is 42.9. The van der Waals surface area contributed by atoms with Crippen LogP contribution in [0.25, 0.3) is 68.6 Å². The van der Waals surface area contributed by atoms with Gasteiger partial charge in [-0.05, 0) is 85.4 Å². The molecule has 0 amide bonds. The summed E-state index contributed by atoms with van der Waals surface area (Å²) < 4.78 is 0. The van der Waals surface area contributed by atoms with Gasteiger partial charge < -0.3 is 9.97 Å². The van der Waals surface area contributed by atoms with Crippen LogP contribution in [0.4, 0.5) is 0 Å². The van der Waals surface area contributed by atoms with E-state index in [9.17, 15) is 9.59 Å². The molecule has 6 nitrogen and oxygen atoms in total. The van der Waals surface area contributed by atoms with E-state index in [1.165, 1.54) is 114 Å². The van der Waals surface area contributed by atoms with E-state index in [0.717, 1.165) is 105 Å². The molecule has 0 unspecified atom stereocenters. The highest BCUT2D eigenvalue weighted by molar-refractivity contribution is 5.96. The van der Waals surface area contributed by atoms with Crippen LogP contribution in [0.15, 0.2) is 72.8 Å². The van der Waals surface area contributed by atoms with Crippen LogP contribution < -0.4 is 0 Å². The van der Waals surface area contributed by atoms with Gasteiger partial charge in [-0.25, -0.2) is 9.97 Å². The highest BCUT2D eigenvalue weighted by atomic mass is 16.1. The van der Waals surface area contributed by atoms with Gasteiger partial charge in [-0.2, -0.15) is 0 Å². The van der Waals surface area contributed by atoms with Crippen molar-refractivity contribution in [2.45, 2.75) is 142 Å². The molecule has 6 heteroatoms. The smallest absolute Gasteiger partial charge is 0.150 e. The van der Waals surface area contributed by atoms with E-state index in [1.807, 2.05) is 48.5 Å².